The standard InChI is InChI=1S/C18H18IN3O4S/c1-11-9-12(19)7-8-13(11)20-17(23)10-16-18(24)21-14-5-3-4-6-15(14)22(16)27(2,25)26/h3-9,16H,10H2,1-2H3,(H,20,23)(H,21,24). The predicted octanol–water partition coefficient (Wildman–Crippen LogP) is 2.72. The summed E-state index contributed by atoms with van der Waals surface area (Å²) in [5.74, 6) is -0.971. The van der Waals surface area contributed by atoms with Gasteiger partial charge in [-0.15, -0.1) is 0 Å². The normalized spacial score (nSPS) is 16.5. The Hall–Kier alpha value is -2.14. The maximum atomic E-state index is 12.5. The lowest BCUT2D eigenvalue weighted by Crippen LogP contribution is -2.52. The highest BCUT2D eigenvalue weighted by molar-refractivity contribution is 14.1. The number of hydrogen-bond acceptors (Lipinski definition) is 4. The van der Waals surface area contributed by atoms with Crippen LogP contribution in [0.1, 0.15) is 12.0 Å². The molecule has 0 radical (unpaired) electrons. The fourth-order valence-electron chi connectivity index (χ4n) is 2.99. The van der Waals surface area contributed by atoms with Gasteiger partial charge in [0.1, 0.15) is 6.04 Å². The molecular formula is C18H18IN3O4S. The van der Waals surface area contributed by atoms with E-state index in [2.05, 4.69) is 33.2 Å². The summed E-state index contributed by atoms with van der Waals surface area (Å²) in [5, 5.41) is 5.43. The second kappa shape index (κ2) is 7.47. The number of amides is 2. The molecule has 27 heavy (non-hydrogen) atoms. The lowest BCUT2D eigenvalue weighted by molar-refractivity contribution is -0.122. The molecule has 1 atom stereocenters. The van der Waals surface area contributed by atoms with Gasteiger partial charge in [-0.1, -0.05) is 12.1 Å². The maximum Gasteiger partial charge on any atom is 0.248 e. The Morgan fingerprint density at radius 3 is 2.63 bits per heavy atom. The van der Waals surface area contributed by atoms with Gasteiger partial charge >= 0.3 is 0 Å². The number of anilines is 3. The summed E-state index contributed by atoms with van der Waals surface area (Å²) < 4.78 is 26.8. The summed E-state index contributed by atoms with van der Waals surface area (Å²) in [7, 11) is -3.76. The summed E-state index contributed by atoms with van der Waals surface area (Å²) in [4.78, 5) is 25.0. The highest BCUT2D eigenvalue weighted by atomic mass is 127. The Bertz CT molecular complexity index is 1020. The van der Waals surface area contributed by atoms with Crippen molar-refractivity contribution in [2.24, 2.45) is 0 Å². The van der Waals surface area contributed by atoms with Crippen molar-refractivity contribution in [3.63, 3.8) is 0 Å². The SMILES string of the molecule is Cc1cc(I)ccc1NC(=O)CC1C(=O)Nc2ccccc2N1S(C)(=O)=O. The van der Waals surface area contributed by atoms with Gasteiger partial charge in [-0.3, -0.25) is 13.9 Å². The van der Waals surface area contributed by atoms with Gasteiger partial charge in [0.2, 0.25) is 21.8 Å². The number of sulfonamides is 1. The molecule has 0 spiro atoms. The molecule has 1 heterocycles. The molecule has 2 amide bonds. The van der Waals surface area contributed by atoms with Gasteiger partial charge in [-0.05, 0) is 65.4 Å². The number of carbonyl (C=O) groups excluding carboxylic acids is 2. The molecule has 1 aliphatic rings. The van der Waals surface area contributed by atoms with Crippen LogP contribution in [0.25, 0.3) is 0 Å². The summed E-state index contributed by atoms with van der Waals surface area (Å²) in [6, 6.07) is 11.0. The summed E-state index contributed by atoms with van der Waals surface area (Å²) in [6.07, 6.45) is 0.731. The number of para-hydroxylation sites is 2. The van der Waals surface area contributed by atoms with E-state index in [1.54, 1.807) is 30.3 Å². The van der Waals surface area contributed by atoms with Crippen LogP contribution in [0.3, 0.4) is 0 Å². The van der Waals surface area contributed by atoms with Crippen molar-refractivity contribution in [3.05, 3.63) is 51.6 Å². The molecule has 2 aromatic carbocycles. The lowest BCUT2D eigenvalue weighted by atomic mass is 10.1. The first-order valence-corrected chi connectivity index (χ1v) is 11.0. The van der Waals surface area contributed by atoms with Crippen LogP contribution >= 0.6 is 22.6 Å². The zero-order valence-corrected chi connectivity index (χ0v) is 17.7. The van der Waals surface area contributed by atoms with Gasteiger partial charge in [-0.25, -0.2) is 8.42 Å². The van der Waals surface area contributed by atoms with Gasteiger partial charge in [-0.2, -0.15) is 0 Å². The molecule has 1 unspecified atom stereocenters. The zero-order valence-electron chi connectivity index (χ0n) is 14.7. The van der Waals surface area contributed by atoms with Crippen LogP contribution in [0.15, 0.2) is 42.5 Å². The van der Waals surface area contributed by atoms with E-state index in [0.29, 0.717) is 17.1 Å². The Morgan fingerprint density at radius 2 is 1.96 bits per heavy atom. The topological polar surface area (TPSA) is 95.6 Å². The van der Waals surface area contributed by atoms with E-state index in [4.69, 9.17) is 0 Å². The largest absolute Gasteiger partial charge is 0.326 e. The predicted molar refractivity (Wildman–Crippen MR) is 113 cm³/mol. The van der Waals surface area contributed by atoms with Crippen molar-refractivity contribution in [2.75, 3.05) is 21.2 Å². The van der Waals surface area contributed by atoms with Gasteiger partial charge in [0.15, 0.2) is 0 Å². The molecule has 2 N–H and O–H groups in total. The minimum absolute atomic E-state index is 0.293. The van der Waals surface area contributed by atoms with Crippen LogP contribution in [0.4, 0.5) is 17.1 Å². The fourth-order valence-corrected chi connectivity index (χ4v) is 4.79. The number of nitrogens with zero attached hydrogens (tertiary/aromatic N) is 1. The highest BCUT2D eigenvalue weighted by Crippen LogP contribution is 2.34. The number of benzene rings is 2. The number of carbonyl (C=O) groups is 2. The molecule has 3 rings (SSSR count). The molecule has 0 aromatic heterocycles. The Labute approximate surface area is 171 Å². The number of fused-ring (bicyclic) bond motifs is 1. The second-order valence-corrected chi connectivity index (χ2v) is 9.40. The molecule has 1 aliphatic heterocycles. The molecule has 9 heteroatoms. The number of halogens is 1. The van der Waals surface area contributed by atoms with E-state index >= 15 is 0 Å². The van der Waals surface area contributed by atoms with Crippen molar-refractivity contribution < 1.29 is 18.0 Å². The van der Waals surface area contributed by atoms with E-state index in [9.17, 15) is 18.0 Å². The molecule has 0 saturated carbocycles. The quantitative estimate of drug-likeness (QED) is 0.633. The van der Waals surface area contributed by atoms with Crippen LogP contribution in [-0.4, -0.2) is 32.5 Å². The first-order valence-electron chi connectivity index (χ1n) is 8.12. The maximum absolute atomic E-state index is 12.5. The van der Waals surface area contributed by atoms with Crippen molar-refractivity contribution >= 4 is 61.5 Å². The highest BCUT2D eigenvalue weighted by Gasteiger charge is 2.39. The molecular weight excluding hydrogens is 481 g/mol. The Kier molecular flexibility index (Phi) is 5.43. The van der Waals surface area contributed by atoms with Crippen LogP contribution in [0.5, 0.6) is 0 Å². The van der Waals surface area contributed by atoms with Crippen LogP contribution in [0, 0.1) is 10.5 Å². The monoisotopic (exact) mass is 499 g/mol. The van der Waals surface area contributed by atoms with Crippen molar-refractivity contribution in [1.82, 2.24) is 0 Å². The first kappa shape index (κ1) is 19.6. The third-order valence-electron chi connectivity index (χ3n) is 4.18. The van der Waals surface area contributed by atoms with E-state index in [1.165, 1.54) is 0 Å². The van der Waals surface area contributed by atoms with Crippen LogP contribution in [0.2, 0.25) is 0 Å². The van der Waals surface area contributed by atoms with E-state index in [0.717, 1.165) is 19.7 Å². The molecule has 0 bridgehead atoms. The fraction of sp³-hybridized carbons (Fsp3) is 0.222. The molecule has 2 aromatic rings. The summed E-state index contributed by atoms with van der Waals surface area (Å²) >= 11 is 2.18. The van der Waals surface area contributed by atoms with Crippen LogP contribution in [-0.2, 0) is 19.6 Å². The lowest BCUT2D eigenvalue weighted by Gasteiger charge is -2.35. The minimum atomic E-state index is -3.76. The molecule has 7 nitrogen and oxygen atoms in total. The molecule has 0 aliphatic carbocycles. The first-order chi connectivity index (χ1) is 12.7. The van der Waals surface area contributed by atoms with Gasteiger partial charge < -0.3 is 10.6 Å². The van der Waals surface area contributed by atoms with Crippen LogP contribution < -0.4 is 14.9 Å². The molecule has 0 fully saturated rings. The second-order valence-electron chi connectivity index (χ2n) is 6.29. The van der Waals surface area contributed by atoms with E-state index < -0.39 is 27.9 Å². The van der Waals surface area contributed by atoms with Gasteiger partial charge in [0.25, 0.3) is 0 Å². The average Bonchev–Trinajstić information content (AvgIpc) is 2.57. The smallest absolute Gasteiger partial charge is 0.248 e. The number of hydrogen-bond donors (Lipinski definition) is 2. The number of rotatable bonds is 4. The number of nitrogens with one attached hydrogen (secondary N) is 2. The van der Waals surface area contributed by atoms with Crippen molar-refractivity contribution in [2.45, 2.75) is 19.4 Å². The third kappa shape index (κ3) is 4.24. The van der Waals surface area contributed by atoms with E-state index in [-0.39, 0.29) is 6.42 Å². The molecule has 142 valence electrons. The summed E-state index contributed by atoms with van der Waals surface area (Å²) in [6.45, 7) is 1.87. The number of aryl methyl sites for hydroxylation is 1. The minimum Gasteiger partial charge on any atom is -0.326 e. The Balaban J connectivity index is 1.88. The third-order valence-corrected chi connectivity index (χ3v) is 6.02. The molecule has 0 saturated heterocycles. The zero-order chi connectivity index (χ0) is 19.8. The van der Waals surface area contributed by atoms with Crippen molar-refractivity contribution in [1.29, 1.82) is 0 Å². The van der Waals surface area contributed by atoms with E-state index in [1.807, 2.05) is 19.1 Å². The average molecular weight is 499 g/mol. The Morgan fingerprint density at radius 1 is 1.26 bits per heavy atom. The van der Waals surface area contributed by atoms with Gasteiger partial charge in [0, 0.05) is 9.26 Å². The summed E-state index contributed by atoms with van der Waals surface area (Å²) in [5.41, 5.74) is 2.26. The van der Waals surface area contributed by atoms with Gasteiger partial charge in [0.05, 0.1) is 24.1 Å². The van der Waals surface area contributed by atoms with Crippen molar-refractivity contribution in [3.8, 4) is 0 Å².